The largest absolute Gasteiger partial charge is 0.462 e. The van der Waals surface area contributed by atoms with Gasteiger partial charge in [-0.05, 0) is 86.7 Å². The summed E-state index contributed by atoms with van der Waals surface area (Å²) in [5, 5.41) is 4.75. The number of fused-ring (bicyclic) bond motifs is 7. The smallest absolute Gasteiger partial charge is 0.305 e. The van der Waals surface area contributed by atoms with Crippen molar-refractivity contribution in [3.8, 4) is 0 Å². The minimum atomic E-state index is -0.0256. The van der Waals surface area contributed by atoms with Crippen LogP contribution in [0.15, 0.2) is 6.08 Å². The van der Waals surface area contributed by atoms with E-state index in [9.17, 15) is 4.79 Å². The van der Waals surface area contributed by atoms with Gasteiger partial charge in [-0.2, -0.15) is 0 Å². The number of esters is 1. The Hall–Kier alpha value is -1.44. The maximum absolute atomic E-state index is 12.1. The molecule has 0 amide bonds. The molecule has 0 spiro atoms. The number of rotatable bonds is 7. The first-order valence-electron chi connectivity index (χ1n) is 14.9. The monoisotopic (exact) mass is 527 g/mol. The Morgan fingerprint density at radius 3 is 2.86 bits per heavy atom. The van der Waals surface area contributed by atoms with Gasteiger partial charge in [-0.25, -0.2) is 4.98 Å². The van der Waals surface area contributed by atoms with Gasteiger partial charge in [0.1, 0.15) is 6.10 Å². The fraction of sp³-hybridized carbons (Fsp3) is 0.800. The van der Waals surface area contributed by atoms with Gasteiger partial charge in [-0.3, -0.25) is 9.69 Å². The van der Waals surface area contributed by atoms with E-state index < -0.39 is 0 Å². The van der Waals surface area contributed by atoms with Gasteiger partial charge in [0.05, 0.1) is 23.8 Å². The molecule has 6 nitrogen and oxygen atoms in total. The highest BCUT2D eigenvalue weighted by Crippen LogP contribution is 2.66. The first kappa shape index (κ1) is 25.8. The van der Waals surface area contributed by atoms with E-state index in [1.54, 1.807) is 5.57 Å². The average Bonchev–Trinajstić information content (AvgIpc) is 3.47. The van der Waals surface area contributed by atoms with Crippen LogP contribution in [0.2, 0.25) is 0 Å². The quantitative estimate of drug-likeness (QED) is 0.358. The van der Waals surface area contributed by atoms with Crippen LogP contribution in [0.4, 0.5) is 5.13 Å². The molecule has 2 saturated carbocycles. The number of allylic oxidation sites excluding steroid dienone is 2. The summed E-state index contributed by atoms with van der Waals surface area (Å²) in [6.07, 6.45) is 12.5. The van der Waals surface area contributed by atoms with Gasteiger partial charge < -0.3 is 14.8 Å². The summed E-state index contributed by atoms with van der Waals surface area (Å²) in [6.45, 7) is 12.9. The van der Waals surface area contributed by atoms with E-state index in [-0.39, 0.29) is 22.9 Å². The number of hydrogen-bond donors (Lipinski definition) is 1. The highest BCUT2D eigenvalue weighted by molar-refractivity contribution is 7.16. The zero-order valence-corrected chi connectivity index (χ0v) is 23.8. The SMILES string of the molecule is CCC(=O)O[C@H]1CC[C@H]2[C@@H]3CC=C4c5sc(NCCCN6CCOCC6)nc5CC[C@]4(C)[C@H]3CC[C@]12C. The molecule has 0 aromatic carbocycles. The van der Waals surface area contributed by atoms with Gasteiger partial charge in [0.25, 0.3) is 0 Å². The van der Waals surface area contributed by atoms with Gasteiger partial charge in [0.2, 0.25) is 0 Å². The molecule has 1 N–H and O–H groups in total. The Balaban J connectivity index is 1.14. The molecule has 4 aliphatic carbocycles. The van der Waals surface area contributed by atoms with Crippen LogP contribution in [-0.2, 0) is 20.7 Å². The van der Waals surface area contributed by atoms with Crippen molar-refractivity contribution in [1.29, 1.82) is 0 Å². The van der Waals surface area contributed by atoms with Crippen molar-refractivity contribution in [2.24, 2.45) is 28.6 Å². The topological polar surface area (TPSA) is 63.7 Å². The van der Waals surface area contributed by atoms with Crippen molar-refractivity contribution >= 4 is 28.0 Å². The van der Waals surface area contributed by atoms with Crippen molar-refractivity contribution in [3.05, 3.63) is 16.6 Å². The third-order valence-electron chi connectivity index (χ3n) is 10.8. The second-order valence-electron chi connectivity index (χ2n) is 12.6. The van der Waals surface area contributed by atoms with E-state index in [0.717, 1.165) is 69.7 Å². The summed E-state index contributed by atoms with van der Waals surface area (Å²) < 4.78 is 11.5. The second kappa shape index (κ2) is 10.3. The molecule has 2 heterocycles. The van der Waals surface area contributed by atoms with Crippen molar-refractivity contribution in [1.82, 2.24) is 9.88 Å². The number of thiazole rings is 1. The third-order valence-corrected chi connectivity index (χ3v) is 11.9. The number of ether oxygens (including phenoxy) is 2. The van der Waals surface area contributed by atoms with Crippen LogP contribution in [0, 0.1) is 28.6 Å². The van der Waals surface area contributed by atoms with Gasteiger partial charge in [-0.15, -0.1) is 0 Å². The lowest BCUT2D eigenvalue weighted by molar-refractivity contribution is -0.158. The number of hydrogen-bond acceptors (Lipinski definition) is 7. The van der Waals surface area contributed by atoms with Crippen LogP contribution in [0.5, 0.6) is 0 Å². The number of nitrogens with zero attached hydrogens (tertiary/aromatic N) is 2. The Morgan fingerprint density at radius 1 is 1.22 bits per heavy atom. The van der Waals surface area contributed by atoms with Gasteiger partial charge in [0.15, 0.2) is 5.13 Å². The number of aryl methyl sites for hydroxylation is 1. The lowest BCUT2D eigenvalue weighted by Crippen LogP contribution is -2.50. The first-order chi connectivity index (χ1) is 17.9. The first-order valence-corrected chi connectivity index (χ1v) is 15.7. The Bertz CT molecular complexity index is 1030. The molecule has 7 heteroatoms. The summed E-state index contributed by atoms with van der Waals surface area (Å²) >= 11 is 1.89. The van der Waals surface area contributed by atoms with Crippen molar-refractivity contribution < 1.29 is 14.3 Å². The molecule has 6 rings (SSSR count). The highest BCUT2D eigenvalue weighted by Gasteiger charge is 2.60. The van der Waals surface area contributed by atoms with Crippen LogP contribution in [-0.4, -0.2) is 61.3 Å². The molecule has 37 heavy (non-hydrogen) atoms. The van der Waals surface area contributed by atoms with Crippen LogP contribution in [0.25, 0.3) is 5.57 Å². The molecule has 0 radical (unpaired) electrons. The molecule has 1 saturated heterocycles. The summed E-state index contributed by atoms with van der Waals surface area (Å²) in [6, 6.07) is 0. The number of morpholine rings is 1. The normalized spacial score (nSPS) is 37.1. The number of anilines is 1. The predicted octanol–water partition coefficient (Wildman–Crippen LogP) is 5.78. The lowest BCUT2D eigenvalue weighted by atomic mass is 9.48. The number of nitrogens with one attached hydrogen (secondary N) is 1. The molecular weight excluding hydrogens is 482 g/mol. The van der Waals surface area contributed by atoms with E-state index in [1.807, 2.05) is 18.3 Å². The van der Waals surface area contributed by atoms with Gasteiger partial charge >= 0.3 is 5.97 Å². The van der Waals surface area contributed by atoms with Crippen LogP contribution in [0.1, 0.15) is 82.7 Å². The average molecular weight is 528 g/mol. The van der Waals surface area contributed by atoms with E-state index in [4.69, 9.17) is 14.5 Å². The number of carbonyl (C=O) groups is 1. The van der Waals surface area contributed by atoms with Crippen molar-refractivity contribution in [3.63, 3.8) is 0 Å². The third kappa shape index (κ3) is 4.57. The molecule has 204 valence electrons. The Labute approximate surface area is 226 Å². The number of carbonyl (C=O) groups excluding carboxylic acids is 1. The molecule has 1 aliphatic heterocycles. The fourth-order valence-electron chi connectivity index (χ4n) is 8.66. The maximum atomic E-state index is 12.1. The van der Waals surface area contributed by atoms with Crippen LogP contribution in [0.3, 0.4) is 0 Å². The zero-order chi connectivity index (χ0) is 25.6. The second-order valence-corrected chi connectivity index (χ2v) is 13.6. The standard InChI is InChI=1S/C30H45N3O3S/c1-4-26(34)36-25-9-8-21-20-6-7-23-27-24(11-13-29(23,2)22(20)10-12-30(21,25)3)32-28(37-27)31-14-5-15-33-16-18-35-19-17-33/h7,20-22,25H,4-6,8-19H2,1-3H3,(H,31,32)/t20-,21-,22-,25-,29+,30-/m0/s1. The zero-order valence-electron chi connectivity index (χ0n) is 23.0. The Morgan fingerprint density at radius 2 is 2.05 bits per heavy atom. The minimum Gasteiger partial charge on any atom is -0.462 e. The summed E-state index contributed by atoms with van der Waals surface area (Å²) in [5.41, 5.74) is 3.30. The van der Waals surface area contributed by atoms with E-state index >= 15 is 0 Å². The summed E-state index contributed by atoms with van der Waals surface area (Å²) in [4.78, 5) is 21.1. The van der Waals surface area contributed by atoms with Crippen LogP contribution < -0.4 is 5.32 Å². The Kier molecular flexibility index (Phi) is 7.17. The lowest BCUT2D eigenvalue weighted by Gasteiger charge is -2.56. The highest BCUT2D eigenvalue weighted by atomic mass is 32.1. The van der Waals surface area contributed by atoms with Crippen molar-refractivity contribution in [2.75, 3.05) is 44.7 Å². The van der Waals surface area contributed by atoms with Crippen molar-refractivity contribution in [2.45, 2.75) is 84.7 Å². The van der Waals surface area contributed by atoms with E-state index in [1.165, 1.54) is 42.7 Å². The van der Waals surface area contributed by atoms with Gasteiger partial charge in [0, 0.05) is 31.5 Å². The molecule has 5 aliphatic rings. The number of aromatic nitrogens is 1. The van der Waals surface area contributed by atoms with E-state index in [0.29, 0.717) is 18.3 Å². The molecule has 6 atom stereocenters. The predicted molar refractivity (Wildman–Crippen MR) is 149 cm³/mol. The molecule has 0 unspecified atom stereocenters. The summed E-state index contributed by atoms with van der Waals surface area (Å²) in [5.74, 6) is 2.08. The minimum absolute atomic E-state index is 0.0256. The molecular formula is C30H45N3O3S. The van der Waals surface area contributed by atoms with E-state index in [2.05, 4.69) is 30.1 Å². The van der Waals surface area contributed by atoms with Gasteiger partial charge in [-0.1, -0.05) is 38.2 Å². The molecule has 3 fully saturated rings. The fourth-order valence-corrected chi connectivity index (χ4v) is 9.88. The molecule has 1 aromatic rings. The molecule has 1 aromatic heterocycles. The maximum Gasteiger partial charge on any atom is 0.305 e. The summed E-state index contributed by atoms with van der Waals surface area (Å²) in [7, 11) is 0. The van der Waals surface area contributed by atoms with Crippen LogP contribution >= 0.6 is 11.3 Å². The molecule has 0 bridgehead atoms.